The van der Waals surface area contributed by atoms with Crippen LogP contribution in [0.15, 0.2) is 0 Å². The number of amides is 1. The topological polar surface area (TPSA) is 32.3 Å². The average Bonchev–Trinajstić information content (AvgIpc) is 2.35. The molecule has 0 radical (unpaired) electrons. The van der Waals surface area contributed by atoms with Gasteiger partial charge in [0.15, 0.2) is 0 Å². The Morgan fingerprint density at radius 2 is 2.67 bits per heavy atom. The van der Waals surface area contributed by atoms with Crippen LogP contribution in [0.3, 0.4) is 0 Å². The molecule has 2 heterocycles. The Morgan fingerprint density at radius 1 is 1.78 bits per heavy atom. The highest BCUT2D eigenvalue weighted by Gasteiger charge is 2.35. The number of nitrogens with one attached hydrogen (secondary N) is 1. The zero-order chi connectivity index (χ0) is 6.27. The molecular weight excluding hydrogens is 136 g/mol. The third kappa shape index (κ3) is 0.737. The van der Waals surface area contributed by atoms with E-state index < -0.39 is 0 Å². The number of rotatable bonds is 0. The Kier molecular flexibility index (Phi) is 1.16. The molecule has 2 aliphatic rings. The summed E-state index contributed by atoms with van der Waals surface area (Å²) >= 11 is 1.83. The van der Waals surface area contributed by atoms with Crippen LogP contribution in [0, 0.1) is 0 Å². The van der Waals surface area contributed by atoms with Crippen LogP contribution in [0.5, 0.6) is 0 Å². The molecule has 1 atom stereocenters. The van der Waals surface area contributed by atoms with E-state index in [2.05, 4.69) is 10.2 Å². The monoisotopic (exact) mass is 144 g/mol. The Bertz CT molecular complexity index is 150. The van der Waals surface area contributed by atoms with Crippen LogP contribution >= 0.6 is 11.8 Å². The largest absolute Gasteiger partial charge is 0.342 e. The van der Waals surface area contributed by atoms with E-state index in [1.807, 2.05) is 11.8 Å². The summed E-state index contributed by atoms with van der Waals surface area (Å²) in [5.41, 5.74) is 0. The van der Waals surface area contributed by atoms with Gasteiger partial charge in [0.1, 0.15) is 6.04 Å². The second kappa shape index (κ2) is 1.88. The smallest absolute Gasteiger partial charge is 0.239 e. The van der Waals surface area contributed by atoms with E-state index in [0.717, 1.165) is 18.3 Å². The molecule has 4 heteroatoms. The van der Waals surface area contributed by atoms with Crippen molar-refractivity contribution >= 4 is 17.7 Å². The lowest BCUT2D eigenvalue weighted by atomic mass is 10.3. The molecule has 0 aliphatic carbocycles. The summed E-state index contributed by atoms with van der Waals surface area (Å²) in [7, 11) is 0. The van der Waals surface area contributed by atoms with Crippen molar-refractivity contribution < 1.29 is 4.79 Å². The van der Waals surface area contributed by atoms with E-state index in [4.69, 9.17) is 0 Å². The molecule has 9 heavy (non-hydrogen) atoms. The number of fused-ring (bicyclic) bond motifs is 1. The van der Waals surface area contributed by atoms with Crippen molar-refractivity contribution in [1.82, 2.24) is 10.2 Å². The minimum Gasteiger partial charge on any atom is -0.342 e. The summed E-state index contributed by atoms with van der Waals surface area (Å²) in [6.45, 7) is 0.760. The molecule has 2 aliphatic heterocycles. The zero-order valence-electron chi connectivity index (χ0n) is 4.96. The molecule has 3 nitrogen and oxygen atoms in total. The number of carbonyl (C=O) groups is 1. The molecule has 2 saturated heterocycles. The number of hydrogen-bond acceptors (Lipinski definition) is 3. The van der Waals surface area contributed by atoms with Gasteiger partial charge in [-0.3, -0.25) is 9.69 Å². The zero-order valence-corrected chi connectivity index (χ0v) is 5.78. The second-order valence-corrected chi connectivity index (χ2v) is 3.30. The highest BCUT2D eigenvalue weighted by molar-refractivity contribution is 7.99. The second-order valence-electron chi connectivity index (χ2n) is 2.30. The SMILES string of the molecule is O=C1NCN2CSC[C@@H]12. The molecule has 1 N–H and O–H groups in total. The Hall–Kier alpha value is -0.220. The third-order valence-electron chi connectivity index (χ3n) is 1.73. The lowest BCUT2D eigenvalue weighted by Crippen LogP contribution is -2.28. The van der Waals surface area contributed by atoms with Gasteiger partial charge in [-0.2, -0.15) is 0 Å². The van der Waals surface area contributed by atoms with E-state index in [1.54, 1.807) is 0 Å². The Balaban J connectivity index is 2.15. The fraction of sp³-hybridized carbons (Fsp3) is 0.800. The first-order valence-corrected chi connectivity index (χ1v) is 4.13. The average molecular weight is 144 g/mol. The maximum atomic E-state index is 10.9. The van der Waals surface area contributed by atoms with Crippen LogP contribution in [-0.2, 0) is 4.79 Å². The van der Waals surface area contributed by atoms with Crippen LogP contribution in [0.25, 0.3) is 0 Å². The minimum absolute atomic E-state index is 0.190. The van der Waals surface area contributed by atoms with Crippen molar-refractivity contribution in [3.05, 3.63) is 0 Å². The van der Waals surface area contributed by atoms with Gasteiger partial charge in [0.05, 0.1) is 6.67 Å². The van der Waals surface area contributed by atoms with Crippen molar-refractivity contribution in [2.75, 3.05) is 18.3 Å². The van der Waals surface area contributed by atoms with Gasteiger partial charge >= 0.3 is 0 Å². The van der Waals surface area contributed by atoms with Crippen molar-refractivity contribution in [2.24, 2.45) is 0 Å². The molecule has 2 rings (SSSR count). The van der Waals surface area contributed by atoms with Gasteiger partial charge in [-0.05, 0) is 0 Å². The first-order chi connectivity index (χ1) is 4.38. The predicted octanol–water partition coefficient (Wildman–Crippen LogP) is -0.551. The number of hydrogen-bond donors (Lipinski definition) is 1. The fourth-order valence-electron chi connectivity index (χ4n) is 1.17. The lowest BCUT2D eigenvalue weighted by Gasteiger charge is -2.06. The van der Waals surface area contributed by atoms with Gasteiger partial charge in [-0.25, -0.2) is 0 Å². The van der Waals surface area contributed by atoms with E-state index in [0.29, 0.717) is 0 Å². The summed E-state index contributed by atoms with van der Waals surface area (Å²) < 4.78 is 0. The quantitative estimate of drug-likeness (QED) is 0.495. The van der Waals surface area contributed by atoms with Crippen LogP contribution in [-0.4, -0.2) is 35.1 Å². The minimum atomic E-state index is 0.190. The number of thioether (sulfide) groups is 1. The van der Waals surface area contributed by atoms with Crippen molar-refractivity contribution in [3.8, 4) is 0 Å². The molecule has 0 unspecified atom stereocenters. The Labute approximate surface area is 57.8 Å². The molecule has 0 bridgehead atoms. The fourth-order valence-corrected chi connectivity index (χ4v) is 2.37. The molecule has 0 aromatic rings. The highest BCUT2D eigenvalue weighted by atomic mass is 32.2. The lowest BCUT2D eigenvalue weighted by molar-refractivity contribution is -0.120. The van der Waals surface area contributed by atoms with Gasteiger partial charge in [-0.1, -0.05) is 0 Å². The maximum Gasteiger partial charge on any atom is 0.239 e. The summed E-state index contributed by atoms with van der Waals surface area (Å²) in [6, 6.07) is 0.190. The van der Waals surface area contributed by atoms with E-state index in [9.17, 15) is 4.79 Å². The first kappa shape index (κ1) is 5.56. The van der Waals surface area contributed by atoms with Crippen molar-refractivity contribution in [3.63, 3.8) is 0 Å². The number of carbonyl (C=O) groups excluding carboxylic acids is 1. The van der Waals surface area contributed by atoms with Crippen molar-refractivity contribution in [2.45, 2.75) is 6.04 Å². The van der Waals surface area contributed by atoms with Crippen LogP contribution in [0.4, 0.5) is 0 Å². The standard InChI is InChI=1S/C5H8N2OS/c8-5-4-1-9-3-7(4)2-6-5/h4H,1-3H2,(H,6,8)/t4-/m0/s1. The van der Waals surface area contributed by atoms with E-state index in [1.165, 1.54) is 0 Å². The van der Waals surface area contributed by atoms with Gasteiger partial charge in [-0.15, -0.1) is 11.8 Å². The normalized spacial score (nSPS) is 34.7. The number of nitrogens with zero attached hydrogens (tertiary/aromatic N) is 1. The van der Waals surface area contributed by atoms with E-state index >= 15 is 0 Å². The van der Waals surface area contributed by atoms with Crippen LogP contribution in [0.2, 0.25) is 0 Å². The van der Waals surface area contributed by atoms with Gasteiger partial charge in [0.25, 0.3) is 0 Å². The summed E-state index contributed by atoms with van der Waals surface area (Å²) in [4.78, 5) is 13.0. The van der Waals surface area contributed by atoms with E-state index in [-0.39, 0.29) is 11.9 Å². The Morgan fingerprint density at radius 3 is 3.44 bits per heavy atom. The van der Waals surface area contributed by atoms with Crippen molar-refractivity contribution in [1.29, 1.82) is 0 Å². The molecule has 1 amide bonds. The highest BCUT2D eigenvalue weighted by Crippen LogP contribution is 2.22. The maximum absolute atomic E-state index is 10.9. The van der Waals surface area contributed by atoms with Crippen LogP contribution < -0.4 is 5.32 Å². The first-order valence-electron chi connectivity index (χ1n) is 2.97. The summed E-state index contributed by atoms with van der Waals surface area (Å²) in [5.74, 6) is 2.20. The van der Waals surface area contributed by atoms with Gasteiger partial charge in [0, 0.05) is 11.6 Å². The molecule has 50 valence electrons. The molecular formula is C5H8N2OS. The molecule has 0 aromatic carbocycles. The summed E-state index contributed by atoms with van der Waals surface area (Å²) in [5, 5.41) is 2.80. The molecule has 0 saturated carbocycles. The third-order valence-corrected chi connectivity index (χ3v) is 2.80. The van der Waals surface area contributed by atoms with Gasteiger partial charge in [0.2, 0.25) is 5.91 Å². The van der Waals surface area contributed by atoms with Crippen LogP contribution in [0.1, 0.15) is 0 Å². The predicted molar refractivity (Wildman–Crippen MR) is 36.0 cm³/mol. The molecule has 0 aromatic heterocycles. The summed E-state index contributed by atoms with van der Waals surface area (Å²) in [6.07, 6.45) is 0. The molecule has 2 fully saturated rings. The van der Waals surface area contributed by atoms with Gasteiger partial charge < -0.3 is 5.32 Å². The molecule has 0 spiro atoms.